The summed E-state index contributed by atoms with van der Waals surface area (Å²) in [5, 5.41) is 3.00. The minimum atomic E-state index is -4.71. The van der Waals surface area contributed by atoms with Gasteiger partial charge in [0.1, 0.15) is 19.3 Å². The van der Waals surface area contributed by atoms with E-state index in [2.05, 4.69) is 99.0 Å². The number of esters is 1. The molecule has 0 saturated carbocycles. The number of hydrogen-bond donors (Lipinski definition) is 1. The fourth-order valence-electron chi connectivity index (χ4n) is 8.02. The Bertz CT molecular complexity index is 1510. The largest absolute Gasteiger partial charge is 0.756 e. The molecule has 0 aliphatic rings. The second kappa shape index (κ2) is 51.7. The minimum Gasteiger partial charge on any atom is -0.756 e. The number of quaternary nitrogens is 1. The van der Waals surface area contributed by atoms with Gasteiger partial charge in [-0.2, -0.15) is 0 Å². The van der Waals surface area contributed by atoms with Crippen molar-refractivity contribution in [1.29, 1.82) is 0 Å². The van der Waals surface area contributed by atoms with Gasteiger partial charge < -0.3 is 28.5 Å². The summed E-state index contributed by atoms with van der Waals surface area (Å²) in [6, 6.07) is -0.918. The summed E-state index contributed by atoms with van der Waals surface area (Å²) in [6.07, 6.45) is 66.9. The number of amides is 1. The van der Waals surface area contributed by atoms with E-state index in [1.165, 1.54) is 109 Å². The third-order valence-electron chi connectivity index (χ3n) is 12.6. The molecule has 3 unspecified atom stereocenters. The first-order valence-electron chi connectivity index (χ1n) is 29.4. The number of unbranched alkanes of at least 4 members (excludes halogenated alkanes) is 24. The topological polar surface area (TPSA) is 114 Å². The number of carbonyl (C=O) groups is 2. The van der Waals surface area contributed by atoms with Crippen LogP contribution in [0.15, 0.2) is 85.1 Å². The first-order valence-corrected chi connectivity index (χ1v) is 30.9. The average Bonchev–Trinajstić information content (AvgIpc) is 3.34. The molecule has 0 heterocycles. The second-order valence-corrected chi connectivity index (χ2v) is 22.2. The van der Waals surface area contributed by atoms with Gasteiger partial charge in [-0.3, -0.25) is 14.2 Å². The molecule has 10 heteroatoms. The maximum atomic E-state index is 13.5. The normalized spacial score (nSPS) is 14.4. The first kappa shape index (κ1) is 69.2. The molecule has 0 bridgehead atoms. The molecule has 0 aromatic carbocycles. The van der Waals surface area contributed by atoms with Gasteiger partial charge in [0.05, 0.1) is 33.8 Å². The number of rotatable bonds is 52. The van der Waals surface area contributed by atoms with E-state index < -0.39 is 32.5 Å². The zero-order chi connectivity index (χ0) is 52.9. The highest BCUT2D eigenvalue weighted by atomic mass is 31.2. The summed E-state index contributed by atoms with van der Waals surface area (Å²) in [4.78, 5) is 39.9. The Balaban J connectivity index is 5.46. The monoisotopic (exact) mass is 1030 g/mol. The maximum Gasteiger partial charge on any atom is 0.306 e. The number of allylic oxidation sites excluding steroid dienone is 13. The lowest BCUT2D eigenvalue weighted by Gasteiger charge is -2.30. The van der Waals surface area contributed by atoms with E-state index >= 15 is 0 Å². The maximum absolute atomic E-state index is 13.5. The molecule has 1 amide bonds. The van der Waals surface area contributed by atoms with Crippen molar-refractivity contribution in [2.75, 3.05) is 40.9 Å². The lowest BCUT2D eigenvalue weighted by Crippen LogP contribution is -2.47. The smallest absolute Gasteiger partial charge is 0.306 e. The fraction of sp³-hybridized carbons (Fsp3) is 0.742. The van der Waals surface area contributed by atoms with Crippen molar-refractivity contribution in [2.45, 2.75) is 258 Å². The van der Waals surface area contributed by atoms with Crippen molar-refractivity contribution in [3.63, 3.8) is 0 Å². The van der Waals surface area contributed by atoms with E-state index in [9.17, 15) is 19.0 Å². The molecule has 0 aromatic rings. The fourth-order valence-corrected chi connectivity index (χ4v) is 8.74. The molecule has 0 rings (SSSR count). The summed E-state index contributed by atoms with van der Waals surface area (Å²) < 4.78 is 30.2. The van der Waals surface area contributed by atoms with E-state index in [0.717, 1.165) is 96.3 Å². The molecule has 0 fully saturated rings. The third-order valence-corrected chi connectivity index (χ3v) is 13.5. The molecule has 72 heavy (non-hydrogen) atoms. The third kappa shape index (κ3) is 52.1. The first-order chi connectivity index (χ1) is 34.9. The van der Waals surface area contributed by atoms with Gasteiger partial charge in [0, 0.05) is 12.8 Å². The Kier molecular flexibility index (Phi) is 49.6. The van der Waals surface area contributed by atoms with Crippen LogP contribution in [-0.2, 0) is 27.9 Å². The number of hydrogen-bond acceptors (Lipinski definition) is 7. The SMILES string of the molecule is CC/C=C\C/C=C\C/C=C\C/C=C\C/C=C\CCCC(=O)OC(/C=C/CCCCCCCCCCCCC)C(COP(=O)([O-])OCC[N+](C)(C)C)NC(=O)CCCCCCC/C=C/CCCCCCCCC. The van der Waals surface area contributed by atoms with Crippen molar-refractivity contribution >= 4 is 19.7 Å². The number of nitrogens with one attached hydrogen (secondary N) is 1. The summed E-state index contributed by atoms with van der Waals surface area (Å²) in [7, 11) is 1.14. The standard InChI is InChI=1S/C62H111N2O7P/c1-7-10-13-16-19-22-25-28-30-32-34-37-40-43-46-49-52-55-62(66)71-60(53-50-47-44-41-38-35-27-24-21-18-15-12-9-3)59(58-70-72(67,68)69-57-56-64(4,5)6)63-61(65)54-51-48-45-42-39-36-33-31-29-26-23-20-17-14-11-8-2/h10,13,19,22,28,30-31,33-34,37,43,46,50,53,59-60H,7-9,11-12,14-18,20-21,23-27,29,32,35-36,38-42,44-45,47-49,51-52,54-58H2,1-6H3,(H-,63,65,67,68)/b13-10-,22-19-,30-28-,33-31+,37-34-,46-43-,53-50+. The highest BCUT2D eigenvalue weighted by Crippen LogP contribution is 2.38. The van der Waals surface area contributed by atoms with Gasteiger partial charge in [0.15, 0.2) is 0 Å². The molecule has 1 N–H and O–H groups in total. The predicted molar refractivity (Wildman–Crippen MR) is 307 cm³/mol. The van der Waals surface area contributed by atoms with Gasteiger partial charge in [-0.1, -0.05) is 222 Å². The van der Waals surface area contributed by atoms with Crippen LogP contribution < -0.4 is 10.2 Å². The molecular formula is C62H111N2O7P. The number of phosphoric ester groups is 1. The number of nitrogens with zero attached hydrogens (tertiary/aromatic N) is 1. The summed E-state index contributed by atoms with van der Waals surface area (Å²) in [5.41, 5.74) is 0. The molecular weight excluding hydrogens is 916 g/mol. The zero-order valence-electron chi connectivity index (χ0n) is 47.4. The van der Waals surface area contributed by atoms with Crippen molar-refractivity contribution in [1.82, 2.24) is 5.32 Å². The Labute approximate surface area is 444 Å². The van der Waals surface area contributed by atoms with Crippen LogP contribution in [0, 0.1) is 0 Å². The Hall–Kier alpha value is -2.81. The average molecular weight is 1030 g/mol. The van der Waals surface area contributed by atoms with Crippen molar-refractivity contribution < 1.29 is 37.3 Å². The van der Waals surface area contributed by atoms with Crippen LogP contribution in [0.25, 0.3) is 0 Å². The van der Waals surface area contributed by atoms with Crippen molar-refractivity contribution in [2.24, 2.45) is 0 Å². The highest BCUT2D eigenvalue weighted by Gasteiger charge is 2.27. The van der Waals surface area contributed by atoms with Gasteiger partial charge in [-0.15, -0.1) is 0 Å². The van der Waals surface area contributed by atoms with Crippen LogP contribution in [0.4, 0.5) is 0 Å². The molecule has 0 aliphatic heterocycles. The van der Waals surface area contributed by atoms with Gasteiger partial charge >= 0.3 is 5.97 Å². The van der Waals surface area contributed by atoms with Crippen molar-refractivity contribution in [3.8, 4) is 0 Å². The van der Waals surface area contributed by atoms with E-state index in [0.29, 0.717) is 23.9 Å². The summed E-state index contributed by atoms with van der Waals surface area (Å²) >= 11 is 0. The lowest BCUT2D eigenvalue weighted by atomic mass is 10.0. The van der Waals surface area contributed by atoms with Crippen LogP contribution >= 0.6 is 7.82 Å². The highest BCUT2D eigenvalue weighted by molar-refractivity contribution is 7.45. The quantitative estimate of drug-likeness (QED) is 0.0212. The van der Waals surface area contributed by atoms with Crippen LogP contribution in [0.1, 0.15) is 245 Å². The molecule has 9 nitrogen and oxygen atoms in total. The van der Waals surface area contributed by atoms with Crippen LogP contribution in [0.2, 0.25) is 0 Å². The van der Waals surface area contributed by atoms with Crippen LogP contribution in [0.3, 0.4) is 0 Å². The van der Waals surface area contributed by atoms with Gasteiger partial charge in [-0.25, -0.2) is 0 Å². The van der Waals surface area contributed by atoms with E-state index in [1.54, 1.807) is 0 Å². The van der Waals surface area contributed by atoms with Crippen LogP contribution in [0.5, 0.6) is 0 Å². The Morgan fingerprint density at radius 1 is 0.500 bits per heavy atom. The predicted octanol–water partition coefficient (Wildman–Crippen LogP) is 17.2. The molecule has 0 saturated heterocycles. The number of likely N-dealkylation sites (N-methyl/N-ethyl adjacent to an activating group) is 1. The minimum absolute atomic E-state index is 0.0357. The molecule has 0 spiro atoms. The Morgan fingerprint density at radius 3 is 1.38 bits per heavy atom. The number of phosphoric acid groups is 1. The molecule has 0 aromatic heterocycles. The lowest BCUT2D eigenvalue weighted by molar-refractivity contribution is -0.870. The molecule has 3 atom stereocenters. The molecule has 0 radical (unpaired) electrons. The van der Waals surface area contributed by atoms with Gasteiger partial charge in [0.25, 0.3) is 7.82 Å². The zero-order valence-corrected chi connectivity index (χ0v) is 48.3. The van der Waals surface area contributed by atoms with Crippen molar-refractivity contribution in [3.05, 3.63) is 85.1 Å². The van der Waals surface area contributed by atoms with E-state index in [1.807, 2.05) is 33.3 Å². The van der Waals surface area contributed by atoms with Crippen LogP contribution in [-0.4, -0.2) is 69.4 Å². The Morgan fingerprint density at radius 2 is 0.903 bits per heavy atom. The van der Waals surface area contributed by atoms with E-state index in [-0.39, 0.29) is 18.9 Å². The van der Waals surface area contributed by atoms with Gasteiger partial charge in [0.2, 0.25) is 5.91 Å². The van der Waals surface area contributed by atoms with Gasteiger partial charge in [-0.05, 0) is 96.0 Å². The molecule has 0 aliphatic carbocycles. The molecule has 416 valence electrons. The van der Waals surface area contributed by atoms with E-state index in [4.69, 9.17) is 13.8 Å². The summed E-state index contributed by atoms with van der Waals surface area (Å²) in [6.45, 7) is 6.68. The number of ether oxygens (including phenoxy) is 1. The number of carbonyl (C=O) groups excluding carboxylic acids is 2. The summed E-state index contributed by atoms with van der Waals surface area (Å²) in [5.74, 6) is -0.620. The second-order valence-electron chi connectivity index (χ2n) is 20.8.